The van der Waals surface area contributed by atoms with Gasteiger partial charge >= 0.3 is 5.97 Å². The third-order valence-electron chi connectivity index (χ3n) is 7.09. The fourth-order valence-electron chi connectivity index (χ4n) is 5.02. The molecule has 0 aliphatic carbocycles. The lowest BCUT2D eigenvalue weighted by atomic mass is 9.94. The van der Waals surface area contributed by atoms with Gasteiger partial charge in [0, 0.05) is 5.56 Å². The summed E-state index contributed by atoms with van der Waals surface area (Å²) in [5, 5.41) is 9.32. The molecule has 10 heteroatoms. The molecule has 0 fully saturated rings. The maximum absolute atomic E-state index is 14.0. The molecule has 0 saturated heterocycles. The third kappa shape index (κ3) is 6.39. The molecule has 0 N–H and O–H groups in total. The van der Waals surface area contributed by atoms with Crippen molar-refractivity contribution in [3.63, 3.8) is 0 Å². The van der Waals surface area contributed by atoms with Gasteiger partial charge in [0.1, 0.15) is 18.1 Å². The van der Waals surface area contributed by atoms with Crippen LogP contribution in [-0.2, 0) is 16.1 Å². The van der Waals surface area contributed by atoms with Gasteiger partial charge in [0.2, 0.25) is 0 Å². The van der Waals surface area contributed by atoms with E-state index < -0.39 is 12.0 Å². The van der Waals surface area contributed by atoms with Crippen LogP contribution in [0.5, 0.6) is 11.5 Å². The van der Waals surface area contributed by atoms with Crippen LogP contribution >= 0.6 is 27.3 Å². The first-order valence-electron chi connectivity index (χ1n) is 14.1. The molecule has 2 heterocycles. The number of carbonyl (C=O) groups excluding carboxylic acids is 1. The Bertz CT molecular complexity index is 1950. The van der Waals surface area contributed by atoms with Gasteiger partial charge in [-0.05, 0) is 76.8 Å². The van der Waals surface area contributed by atoms with Crippen molar-refractivity contribution >= 4 is 39.3 Å². The summed E-state index contributed by atoms with van der Waals surface area (Å²) in [4.78, 5) is 32.7. The Morgan fingerprint density at radius 2 is 1.91 bits per heavy atom. The molecule has 0 bridgehead atoms. The monoisotopic (exact) mass is 671 g/mol. The van der Waals surface area contributed by atoms with Crippen LogP contribution in [0.15, 0.2) is 92.3 Å². The van der Waals surface area contributed by atoms with Gasteiger partial charge in [-0.1, -0.05) is 61.1 Å². The Morgan fingerprint density at radius 3 is 2.59 bits per heavy atom. The molecule has 44 heavy (non-hydrogen) atoms. The van der Waals surface area contributed by atoms with E-state index in [2.05, 4.69) is 22.0 Å². The molecule has 3 aromatic carbocycles. The molecule has 1 atom stereocenters. The molecule has 1 aliphatic rings. The number of methoxy groups -OCH3 is 1. The Kier molecular flexibility index (Phi) is 9.78. The standard InChI is InChI=1S/C34H30BrN3O5S/c1-4-8-27-30(33(40)42-5-2)31(22-13-16-28(41-3)26(35)18-22)38-32(39)29(44-34(38)37-27)17-21-11-14-25(15-12-21)43-20-24-10-7-6-9-23(24)19-36/h6-7,9-18,31H,4-5,8,20H2,1-3H3/b29-17+/t31-/m0/s1. The highest BCUT2D eigenvalue weighted by molar-refractivity contribution is 9.10. The maximum atomic E-state index is 14.0. The fourth-order valence-corrected chi connectivity index (χ4v) is 6.60. The van der Waals surface area contributed by atoms with Gasteiger partial charge in [0.25, 0.3) is 5.56 Å². The molecule has 0 radical (unpaired) electrons. The van der Waals surface area contributed by atoms with Crippen LogP contribution in [0.2, 0.25) is 0 Å². The first kappa shape index (κ1) is 31.0. The molecule has 224 valence electrons. The van der Waals surface area contributed by atoms with Crippen LogP contribution in [0.1, 0.15) is 55.0 Å². The van der Waals surface area contributed by atoms with Crippen molar-refractivity contribution in [2.45, 2.75) is 39.3 Å². The number of nitrogens with zero attached hydrogens (tertiary/aromatic N) is 3. The van der Waals surface area contributed by atoms with E-state index in [9.17, 15) is 14.9 Å². The smallest absolute Gasteiger partial charge is 0.338 e. The number of esters is 1. The molecule has 0 unspecified atom stereocenters. The molecule has 0 spiro atoms. The molecule has 1 aromatic heterocycles. The van der Waals surface area contributed by atoms with E-state index in [0.717, 1.165) is 23.1 Å². The Morgan fingerprint density at radius 1 is 1.14 bits per heavy atom. The summed E-state index contributed by atoms with van der Waals surface area (Å²) >= 11 is 4.84. The second kappa shape index (κ2) is 13.9. The van der Waals surface area contributed by atoms with Crippen LogP contribution < -0.4 is 24.4 Å². The lowest BCUT2D eigenvalue weighted by Gasteiger charge is -2.26. The molecule has 5 rings (SSSR count). The van der Waals surface area contributed by atoms with E-state index in [1.807, 2.05) is 67.6 Å². The van der Waals surface area contributed by atoms with Crippen LogP contribution in [0.3, 0.4) is 0 Å². The first-order chi connectivity index (χ1) is 21.4. The SMILES string of the molecule is CCCC1=C(C(=O)OCC)[C@H](c2ccc(OC)c(Br)c2)n2c(s/c(=C/c3ccc(OCc4ccccc4C#N)cc3)c2=O)=N1. The molecule has 0 saturated carbocycles. The maximum Gasteiger partial charge on any atom is 0.338 e. The predicted molar refractivity (Wildman–Crippen MR) is 172 cm³/mol. The van der Waals surface area contributed by atoms with Crippen LogP contribution in [0, 0.1) is 11.3 Å². The Hall–Kier alpha value is -4.46. The minimum atomic E-state index is -0.719. The Balaban J connectivity index is 1.55. The van der Waals surface area contributed by atoms with Crippen molar-refractivity contribution in [2.75, 3.05) is 13.7 Å². The summed E-state index contributed by atoms with van der Waals surface area (Å²) in [6, 6.07) is 21.7. The zero-order valence-corrected chi connectivity index (χ0v) is 26.9. The molecule has 4 aromatic rings. The van der Waals surface area contributed by atoms with Gasteiger partial charge in [-0.25, -0.2) is 9.79 Å². The zero-order valence-electron chi connectivity index (χ0n) is 24.5. The number of fused-ring (bicyclic) bond motifs is 1. The van der Waals surface area contributed by atoms with Crippen molar-refractivity contribution in [1.29, 1.82) is 5.26 Å². The number of ether oxygens (including phenoxy) is 3. The third-order valence-corrected chi connectivity index (χ3v) is 8.70. The molecule has 8 nitrogen and oxygen atoms in total. The highest BCUT2D eigenvalue weighted by atomic mass is 79.9. The number of hydrogen-bond donors (Lipinski definition) is 0. The summed E-state index contributed by atoms with van der Waals surface area (Å²) in [5.74, 6) is 0.793. The van der Waals surface area contributed by atoms with Gasteiger partial charge in [-0.15, -0.1) is 0 Å². The average Bonchev–Trinajstić information content (AvgIpc) is 3.34. The molecule has 1 aliphatic heterocycles. The summed E-state index contributed by atoms with van der Waals surface area (Å²) < 4.78 is 19.6. The second-order valence-electron chi connectivity index (χ2n) is 9.93. The number of halogens is 1. The topological polar surface area (TPSA) is 103 Å². The fraction of sp³-hybridized carbons (Fsp3) is 0.235. The lowest BCUT2D eigenvalue weighted by Crippen LogP contribution is -2.40. The minimum Gasteiger partial charge on any atom is -0.496 e. The van der Waals surface area contributed by atoms with E-state index in [-0.39, 0.29) is 18.8 Å². The van der Waals surface area contributed by atoms with Crippen molar-refractivity contribution in [2.24, 2.45) is 4.99 Å². The summed E-state index contributed by atoms with van der Waals surface area (Å²) in [5.41, 5.74) is 3.66. The first-order valence-corrected chi connectivity index (χ1v) is 15.8. The van der Waals surface area contributed by atoms with Gasteiger partial charge in [-0.3, -0.25) is 9.36 Å². The number of rotatable bonds is 10. The van der Waals surface area contributed by atoms with E-state index in [0.29, 0.717) is 48.6 Å². The number of hydrogen-bond acceptors (Lipinski definition) is 8. The summed E-state index contributed by atoms with van der Waals surface area (Å²) in [7, 11) is 1.58. The zero-order chi connectivity index (χ0) is 31.2. The quantitative estimate of drug-likeness (QED) is 0.198. The summed E-state index contributed by atoms with van der Waals surface area (Å²) in [6.45, 7) is 4.25. The molecular formula is C34H30BrN3O5S. The second-order valence-corrected chi connectivity index (χ2v) is 11.8. The number of benzene rings is 3. The highest BCUT2D eigenvalue weighted by Gasteiger charge is 2.34. The number of nitriles is 1. The number of thiazole rings is 1. The normalized spacial score (nSPS) is 14.4. The average molecular weight is 673 g/mol. The van der Waals surface area contributed by atoms with E-state index in [1.165, 1.54) is 11.3 Å². The van der Waals surface area contributed by atoms with Crippen molar-refractivity contribution in [1.82, 2.24) is 4.57 Å². The van der Waals surface area contributed by atoms with E-state index in [4.69, 9.17) is 19.2 Å². The van der Waals surface area contributed by atoms with Crippen molar-refractivity contribution in [3.05, 3.63) is 124 Å². The van der Waals surface area contributed by atoms with Gasteiger partial charge in [0.05, 0.1) is 51.7 Å². The van der Waals surface area contributed by atoms with Crippen LogP contribution in [0.25, 0.3) is 6.08 Å². The van der Waals surface area contributed by atoms with Gasteiger partial charge in [-0.2, -0.15) is 5.26 Å². The van der Waals surface area contributed by atoms with Crippen molar-refractivity contribution in [3.8, 4) is 17.6 Å². The van der Waals surface area contributed by atoms with Gasteiger partial charge in [0.15, 0.2) is 4.80 Å². The Labute approximate surface area is 267 Å². The van der Waals surface area contributed by atoms with E-state index >= 15 is 0 Å². The number of allylic oxidation sites excluding steroid dienone is 1. The van der Waals surface area contributed by atoms with E-state index in [1.54, 1.807) is 30.7 Å². The minimum absolute atomic E-state index is 0.204. The molecule has 0 amide bonds. The number of carbonyl (C=O) groups is 1. The van der Waals surface area contributed by atoms with Crippen molar-refractivity contribution < 1.29 is 19.0 Å². The highest BCUT2D eigenvalue weighted by Crippen LogP contribution is 2.36. The lowest BCUT2D eigenvalue weighted by molar-refractivity contribution is -0.139. The van der Waals surface area contributed by atoms with Crippen LogP contribution in [-0.4, -0.2) is 24.3 Å². The molecular weight excluding hydrogens is 642 g/mol. The van der Waals surface area contributed by atoms with Crippen LogP contribution in [0.4, 0.5) is 0 Å². The predicted octanol–water partition coefficient (Wildman–Crippen LogP) is 5.80. The largest absolute Gasteiger partial charge is 0.496 e. The van der Waals surface area contributed by atoms with Gasteiger partial charge < -0.3 is 14.2 Å². The summed E-state index contributed by atoms with van der Waals surface area (Å²) in [6.07, 6.45) is 3.15. The number of aromatic nitrogens is 1.